The van der Waals surface area contributed by atoms with Crippen molar-refractivity contribution in [2.75, 3.05) is 11.9 Å². The highest BCUT2D eigenvalue weighted by atomic mass is 35.5. The summed E-state index contributed by atoms with van der Waals surface area (Å²) in [6.07, 6.45) is 0.543. The van der Waals surface area contributed by atoms with E-state index in [0.29, 0.717) is 22.7 Å². The number of carbonyl (C=O) groups excluding carboxylic acids is 1. The van der Waals surface area contributed by atoms with Gasteiger partial charge in [0.15, 0.2) is 5.69 Å². The van der Waals surface area contributed by atoms with Gasteiger partial charge in [-0.2, -0.15) is 9.78 Å². The number of nitrogens with zero attached hydrogens (tertiary/aromatic N) is 2. The molecule has 0 fully saturated rings. The molecule has 4 rings (SSSR count). The first kappa shape index (κ1) is 29.8. The SMILES string of the molecule is CCCNS(=O)(=O)c1cc(NC(=O)c2cccc(Cl)c2)ccc1Oc1c(C)c(C(=O)O)nn1-c1cccc(C)c1C. The molecular weight excluding hydrogens is 568 g/mol. The summed E-state index contributed by atoms with van der Waals surface area (Å²) in [5.41, 5.74) is 2.83. The lowest BCUT2D eigenvalue weighted by Gasteiger charge is -2.17. The molecule has 41 heavy (non-hydrogen) atoms. The number of benzene rings is 3. The minimum atomic E-state index is -4.11. The highest BCUT2D eigenvalue weighted by molar-refractivity contribution is 7.89. The van der Waals surface area contributed by atoms with E-state index in [2.05, 4.69) is 15.1 Å². The fourth-order valence-corrected chi connectivity index (χ4v) is 5.54. The molecule has 4 aromatic rings. The van der Waals surface area contributed by atoms with E-state index >= 15 is 0 Å². The van der Waals surface area contributed by atoms with Crippen LogP contribution >= 0.6 is 11.6 Å². The highest BCUT2D eigenvalue weighted by Crippen LogP contribution is 2.36. The lowest BCUT2D eigenvalue weighted by Crippen LogP contribution is -2.25. The molecule has 0 aliphatic heterocycles. The number of aromatic carboxylic acids is 1. The summed E-state index contributed by atoms with van der Waals surface area (Å²) in [6, 6.07) is 16.0. The summed E-state index contributed by atoms with van der Waals surface area (Å²) < 4.78 is 36.8. The van der Waals surface area contributed by atoms with Gasteiger partial charge in [-0.3, -0.25) is 4.79 Å². The number of halogens is 1. The summed E-state index contributed by atoms with van der Waals surface area (Å²) in [5, 5.41) is 17.1. The van der Waals surface area contributed by atoms with Gasteiger partial charge in [-0.15, -0.1) is 0 Å². The third kappa shape index (κ3) is 6.43. The van der Waals surface area contributed by atoms with Gasteiger partial charge in [0.25, 0.3) is 5.91 Å². The quantitative estimate of drug-likeness (QED) is 0.208. The molecule has 12 heteroatoms. The fraction of sp³-hybridized carbons (Fsp3) is 0.207. The molecule has 0 spiro atoms. The molecule has 3 aromatic carbocycles. The number of hydrogen-bond donors (Lipinski definition) is 3. The topological polar surface area (TPSA) is 140 Å². The Morgan fingerprint density at radius 2 is 1.76 bits per heavy atom. The highest BCUT2D eigenvalue weighted by Gasteiger charge is 2.27. The number of rotatable bonds is 10. The van der Waals surface area contributed by atoms with Gasteiger partial charge in [0.1, 0.15) is 10.6 Å². The number of carboxylic acid groups (broad SMARTS) is 1. The minimum Gasteiger partial charge on any atom is -0.476 e. The smallest absolute Gasteiger partial charge is 0.356 e. The summed E-state index contributed by atoms with van der Waals surface area (Å²) >= 11 is 6.00. The summed E-state index contributed by atoms with van der Waals surface area (Å²) in [5.74, 6) is -1.78. The molecule has 0 aliphatic carbocycles. The second kappa shape index (κ2) is 12.1. The molecule has 214 valence electrons. The first-order valence-corrected chi connectivity index (χ1v) is 14.6. The summed E-state index contributed by atoms with van der Waals surface area (Å²) in [4.78, 5) is 24.5. The van der Waals surface area contributed by atoms with E-state index < -0.39 is 21.9 Å². The molecular formula is C29H29ClN4O6S. The molecule has 1 amide bonds. The van der Waals surface area contributed by atoms with E-state index in [1.54, 1.807) is 30.3 Å². The molecule has 0 radical (unpaired) electrons. The van der Waals surface area contributed by atoms with Crippen LogP contribution in [0.15, 0.2) is 65.6 Å². The Hall–Kier alpha value is -4.19. The summed E-state index contributed by atoms with van der Waals surface area (Å²) in [7, 11) is -4.11. The number of anilines is 1. The van der Waals surface area contributed by atoms with E-state index in [4.69, 9.17) is 16.3 Å². The van der Waals surface area contributed by atoms with Crippen LogP contribution in [0.3, 0.4) is 0 Å². The fourth-order valence-electron chi connectivity index (χ4n) is 4.06. The number of sulfonamides is 1. The van der Waals surface area contributed by atoms with Crippen molar-refractivity contribution >= 4 is 39.2 Å². The molecule has 0 bridgehead atoms. The third-order valence-corrected chi connectivity index (χ3v) is 8.12. The molecule has 0 atom stereocenters. The predicted octanol–water partition coefficient (Wildman–Crippen LogP) is 5.88. The van der Waals surface area contributed by atoms with E-state index in [-0.39, 0.29) is 40.0 Å². The van der Waals surface area contributed by atoms with Crippen LogP contribution in [0.2, 0.25) is 5.02 Å². The van der Waals surface area contributed by atoms with Crippen molar-refractivity contribution in [2.45, 2.75) is 39.0 Å². The Balaban J connectivity index is 1.82. The van der Waals surface area contributed by atoms with Gasteiger partial charge < -0.3 is 15.2 Å². The van der Waals surface area contributed by atoms with Gasteiger partial charge in [-0.1, -0.05) is 36.7 Å². The van der Waals surface area contributed by atoms with Gasteiger partial charge in [0.2, 0.25) is 15.9 Å². The number of ether oxygens (including phenoxy) is 1. The summed E-state index contributed by atoms with van der Waals surface area (Å²) in [6.45, 7) is 7.31. The Bertz CT molecular complexity index is 1750. The van der Waals surface area contributed by atoms with Crippen LogP contribution in [-0.2, 0) is 10.0 Å². The van der Waals surface area contributed by atoms with Crippen LogP contribution in [0, 0.1) is 20.8 Å². The second-order valence-electron chi connectivity index (χ2n) is 9.34. The number of aromatic nitrogens is 2. The molecule has 1 heterocycles. The maximum Gasteiger partial charge on any atom is 0.356 e. The lowest BCUT2D eigenvalue weighted by molar-refractivity contribution is 0.0689. The second-order valence-corrected chi connectivity index (χ2v) is 11.5. The van der Waals surface area contributed by atoms with Crippen molar-refractivity contribution < 1.29 is 27.9 Å². The number of carbonyl (C=O) groups is 2. The van der Waals surface area contributed by atoms with Crippen LogP contribution in [0.1, 0.15) is 50.9 Å². The van der Waals surface area contributed by atoms with Crippen molar-refractivity contribution in [1.29, 1.82) is 0 Å². The van der Waals surface area contributed by atoms with Crippen LogP contribution in [0.4, 0.5) is 5.69 Å². The minimum absolute atomic E-state index is 0.0405. The zero-order valence-electron chi connectivity index (χ0n) is 22.9. The molecule has 10 nitrogen and oxygen atoms in total. The average molecular weight is 597 g/mol. The van der Waals surface area contributed by atoms with Crippen LogP contribution in [-0.4, -0.2) is 41.7 Å². The zero-order valence-corrected chi connectivity index (χ0v) is 24.4. The maximum atomic E-state index is 13.4. The van der Waals surface area contributed by atoms with Crippen LogP contribution in [0.25, 0.3) is 5.69 Å². The molecule has 3 N–H and O–H groups in total. The third-order valence-electron chi connectivity index (χ3n) is 6.40. The Kier molecular flexibility index (Phi) is 8.81. The normalized spacial score (nSPS) is 11.3. The van der Waals surface area contributed by atoms with Crippen molar-refractivity contribution in [3.05, 3.63) is 93.6 Å². The van der Waals surface area contributed by atoms with Gasteiger partial charge in [-0.05, 0) is 80.8 Å². The largest absolute Gasteiger partial charge is 0.476 e. The number of hydrogen-bond acceptors (Lipinski definition) is 6. The van der Waals surface area contributed by atoms with E-state index in [9.17, 15) is 23.1 Å². The van der Waals surface area contributed by atoms with Crippen molar-refractivity contribution in [3.8, 4) is 17.3 Å². The van der Waals surface area contributed by atoms with Crippen LogP contribution < -0.4 is 14.8 Å². The zero-order chi connectivity index (χ0) is 29.9. The number of nitrogens with one attached hydrogen (secondary N) is 2. The Morgan fingerprint density at radius 1 is 1.02 bits per heavy atom. The van der Waals surface area contributed by atoms with Crippen LogP contribution in [0.5, 0.6) is 11.6 Å². The standard InChI is InChI=1S/C29H29ClN4O6S/c1-5-14-31-41(38,39)25-16-22(32-27(35)20-9-7-10-21(30)15-20)12-13-24(25)40-28-19(4)26(29(36)37)33-34(28)23-11-6-8-17(2)18(23)3/h6-13,15-16,31H,5,14H2,1-4H3,(H,32,35)(H,36,37). The van der Waals surface area contributed by atoms with Crippen molar-refractivity contribution in [1.82, 2.24) is 14.5 Å². The van der Waals surface area contributed by atoms with Gasteiger partial charge in [0, 0.05) is 28.4 Å². The molecule has 0 saturated heterocycles. The monoisotopic (exact) mass is 596 g/mol. The first-order valence-electron chi connectivity index (χ1n) is 12.7. The van der Waals surface area contributed by atoms with Gasteiger partial charge in [0.05, 0.1) is 5.69 Å². The van der Waals surface area contributed by atoms with Crippen molar-refractivity contribution in [3.63, 3.8) is 0 Å². The Morgan fingerprint density at radius 3 is 2.44 bits per heavy atom. The van der Waals surface area contributed by atoms with Gasteiger partial charge in [-0.25, -0.2) is 17.9 Å². The van der Waals surface area contributed by atoms with Crippen molar-refractivity contribution in [2.24, 2.45) is 0 Å². The molecule has 0 aliphatic rings. The number of amides is 1. The maximum absolute atomic E-state index is 13.4. The molecule has 1 aromatic heterocycles. The van der Waals surface area contributed by atoms with E-state index in [1.165, 1.54) is 35.9 Å². The average Bonchev–Trinajstić information content (AvgIpc) is 3.25. The predicted molar refractivity (Wildman–Crippen MR) is 156 cm³/mol. The molecule has 0 saturated carbocycles. The van der Waals surface area contributed by atoms with E-state index in [0.717, 1.165) is 11.1 Å². The lowest BCUT2D eigenvalue weighted by atomic mass is 10.1. The van der Waals surface area contributed by atoms with E-state index in [1.807, 2.05) is 26.8 Å². The Labute approximate surface area is 243 Å². The van der Waals surface area contributed by atoms with Gasteiger partial charge >= 0.3 is 5.97 Å². The molecule has 0 unspecified atom stereocenters. The first-order chi connectivity index (χ1) is 19.4. The number of carboxylic acids is 1. The number of aryl methyl sites for hydroxylation is 1.